The standard InChI is InChI=1S/C10H21O4PS/c1-4-13-15(11,14-5-2)9-16-8-10(3)6-12-7-10/h4-9H2,1-3H3. The van der Waals surface area contributed by atoms with E-state index in [2.05, 4.69) is 6.92 Å². The van der Waals surface area contributed by atoms with E-state index in [1.807, 2.05) is 13.8 Å². The first-order valence-corrected chi connectivity index (χ1v) is 8.45. The molecule has 6 heteroatoms. The molecule has 0 saturated carbocycles. The Balaban J connectivity index is 2.29. The highest BCUT2D eigenvalue weighted by Gasteiger charge is 2.34. The SMILES string of the molecule is CCOP(=O)(CSCC1(C)COC1)OCC. The van der Waals surface area contributed by atoms with Crippen LogP contribution < -0.4 is 0 Å². The Morgan fingerprint density at radius 3 is 2.25 bits per heavy atom. The van der Waals surface area contributed by atoms with Gasteiger partial charge in [0, 0.05) is 11.2 Å². The molecule has 0 spiro atoms. The van der Waals surface area contributed by atoms with Crippen molar-refractivity contribution in [3.8, 4) is 0 Å². The summed E-state index contributed by atoms with van der Waals surface area (Å²) in [7, 11) is -2.87. The molecule has 0 aromatic rings. The fraction of sp³-hybridized carbons (Fsp3) is 1.00. The van der Waals surface area contributed by atoms with E-state index < -0.39 is 7.60 Å². The highest BCUT2D eigenvalue weighted by atomic mass is 32.2. The summed E-state index contributed by atoms with van der Waals surface area (Å²) in [4.78, 5) is 0. The highest BCUT2D eigenvalue weighted by molar-refractivity contribution is 8.04. The van der Waals surface area contributed by atoms with Crippen LogP contribution in [0.4, 0.5) is 0 Å². The van der Waals surface area contributed by atoms with Crippen LogP contribution in [0.15, 0.2) is 0 Å². The molecule has 1 fully saturated rings. The van der Waals surface area contributed by atoms with E-state index in [0.717, 1.165) is 19.0 Å². The average molecular weight is 268 g/mol. The van der Waals surface area contributed by atoms with Crippen molar-refractivity contribution in [1.82, 2.24) is 0 Å². The molecule has 1 aliphatic heterocycles. The first-order valence-electron chi connectivity index (χ1n) is 5.57. The van der Waals surface area contributed by atoms with Crippen LogP contribution in [0.5, 0.6) is 0 Å². The topological polar surface area (TPSA) is 44.8 Å². The van der Waals surface area contributed by atoms with Gasteiger partial charge in [-0.3, -0.25) is 4.57 Å². The molecule has 0 N–H and O–H groups in total. The average Bonchev–Trinajstić information content (AvgIpc) is 2.16. The number of rotatable bonds is 8. The lowest BCUT2D eigenvalue weighted by Crippen LogP contribution is -2.41. The van der Waals surface area contributed by atoms with Crippen molar-refractivity contribution in [1.29, 1.82) is 0 Å². The lowest BCUT2D eigenvalue weighted by Gasteiger charge is -2.37. The van der Waals surface area contributed by atoms with Crippen LogP contribution in [0.1, 0.15) is 20.8 Å². The van der Waals surface area contributed by atoms with Crippen LogP contribution in [0, 0.1) is 5.41 Å². The van der Waals surface area contributed by atoms with E-state index in [1.165, 1.54) is 0 Å². The lowest BCUT2D eigenvalue weighted by atomic mass is 9.92. The first-order chi connectivity index (χ1) is 7.54. The number of hydrogen-bond donors (Lipinski definition) is 0. The Hall–Kier alpha value is 0.460. The molecule has 1 rings (SSSR count). The van der Waals surface area contributed by atoms with E-state index in [4.69, 9.17) is 13.8 Å². The maximum absolute atomic E-state index is 12.1. The first kappa shape index (κ1) is 14.5. The summed E-state index contributed by atoms with van der Waals surface area (Å²) < 4.78 is 27.7. The van der Waals surface area contributed by atoms with Crippen LogP contribution in [0.25, 0.3) is 0 Å². The third kappa shape index (κ3) is 4.38. The summed E-state index contributed by atoms with van der Waals surface area (Å²) in [5, 5.41) is 0. The summed E-state index contributed by atoms with van der Waals surface area (Å²) in [5.41, 5.74) is 0.679. The summed E-state index contributed by atoms with van der Waals surface area (Å²) in [6.45, 7) is 8.29. The van der Waals surface area contributed by atoms with Crippen molar-refractivity contribution in [2.45, 2.75) is 20.8 Å². The van der Waals surface area contributed by atoms with Crippen LogP contribution in [0.3, 0.4) is 0 Å². The van der Waals surface area contributed by atoms with E-state index in [9.17, 15) is 4.57 Å². The van der Waals surface area contributed by atoms with Gasteiger partial charge in [0.15, 0.2) is 0 Å². The minimum atomic E-state index is -2.87. The van der Waals surface area contributed by atoms with Crippen LogP contribution >= 0.6 is 19.4 Å². The Morgan fingerprint density at radius 2 is 1.88 bits per heavy atom. The zero-order valence-electron chi connectivity index (χ0n) is 10.2. The van der Waals surface area contributed by atoms with Gasteiger partial charge in [-0.1, -0.05) is 6.92 Å². The molecule has 0 amide bonds. The largest absolute Gasteiger partial charge is 0.380 e. The molecule has 0 atom stereocenters. The number of thioether (sulfide) groups is 1. The molecule has 0 aliphatic carbocycles. The van der Waals surface area contributed by atoms with Gasteiger partial charge < -0.3 is 13.8 Å². The molecule has 96 valence electrons. The zero-order chi connectivity index (χ0) is 12.1. The maximum Gasteiger partial charge on any atom is 0.340 e. The summed E-state index contributed by atoms with van der Waals surface area (Å²) in [6, 6.07) is 0. The molecule has 1 aliphatic rings. The minimum Gasteiger partial charge on any atom is -0.380 e. The van der Waals surface area contributed by atoms with Crippen molar-refractivity contribution in [3.63, 3.8) is 0 Å². The lowest BCUT2D eigenvalue weighted by molar-refractivity contribution is -0.0861. The molecule has 0 radical (unpaired) electrons. The monoisotopic (exact) mass is 268 g/mol. The van der Waals surface area contributed by atoms with Gasteiger partial charge in [-0.25, -0.2) is 0 Å². The molecular weight excluding hydrogens is 247 g/mol. The third-order valence-electron chi connectivity index (χ3n) is 2.25. The van der Waals surface area contributed by atoms with Crippen LogP contribution in [0.2, 0.25) is 0 Å². The molecule has 0 aromatic carbocycles. The second-order valence-corrected chi connectivity index (χ2v) is 7.70. The smallest absolute Gasteiger partial charge is 0.340 e. The van der Waals surface area contributed by atoms with Gasteiger partial charge in [-0.15, -0.1) is 11.8 Å². The maximum atomic E-state index is 12.1. The van der Waals surface area contributed by atoms with E-state index in [-0.39, 0.29) is 5.41 Å². The normalized spacial score (nSPS) is 19.4. The summed E-state index contributed by atoms with van der Waals surface area (Å²) >= 11 is 1.63. The van der Waals surface area contributed by atoms with Gasteiger partial charge in [-0.05, 0) is 13.8 Å². The van der Waals surface area contributed by atoms with Gasteiger partial charge in [-0.2, -0.15) is 0 Å². The second kappa shape index (κ2) is 6.41. The van der Waals surface area contributed by atoms with Gasteiger partial charge in [0.25, 0.3) is 0 Å². The van der Waals surface area contributed by atoms with Crippen LogP contribution in [-0.2, 0) is 18.3 Å². The van der Waals surface area contributed by atoms with Crippen molar-refractivity contribution in [2.75, 3.05) is 37.7 Å². The highest BCUT2D eigenvalue weighted by Crippen LogP contribution is 2.51. The number of hydrogen-bond acceptors (Lipinski definition) is 5. The molecule has 0 unspecified atom stereocenters. The molecule has 16 heavy (non-hydrogen) atoms. The van der Waals surface area contributed by atoms with Crippen molar-refractivity contribution < 1.29 is 18.3 Å². The Kier molecular flexibility index (Phi) is 5.82. The van der Waals surface area contributed by atoms with Crippen molar-refractivity contribution in [3.05, 3.63) is 0 Å². The molecule has 0 aromatic heterocycles. The van der Waals surface area contributed by atoms with E-state index in [0.29, 0.717) is 18.7 Å². The van der Waals surface area contributed by atoms with Gasteiger partial charge in [0.2, 0.25) is 0 Å². The van der Waals surface area contributed by atoms with E-state index >= 15 is 0 Å². The molecular formula is C10H21O4PS. The molecule has 4 nitrogen and oxygen atoms in total. The fourth-order valence-corrected chi connectivity index (χ4v) is 4.82. The van der Waals surface area contributed by atoms with E-state index in [1.54, 1.807) is 11.8 Å². The Morgan fingerprint density at radius 1 is 1.31 bits per heavy atom. The second-order valence-electron chi connectivity index (χ2n) is 4.23. The molecule has 1 saturated heterocycles. The molecule has 0 bridgehead atoms. The predicted molar refractivity (Wildman–Crippen MR) is 67.1 cm³/mol. The van der Waals surface area contributed by atoms with Crippen molar-refractivity contribution >= 4 is 19.4 Å². The van der Waals surface area contributed by atoms with Crippen molar-refractivity contribution in [2.24, 2.45) is 5.41 Å². The Labute approximate surface area is 102 Å². The Bertz CT molecular complexity index is 245. The predicted octanol–water partition coefficient (Wildman–Crippen LogP) is 2.98. The third-order valence-corrected chi connectivity index (χ3v) is 6.45. The van der Waals surface area contributed by atoms with Crippen LogP contribution in [-0.4, -0.2) is 37.7 Å². The zero-order valence-corrected chi connectivity index (χ0v) is 11.9. The van der Waals surface area contributed by atoms with Gasteiger partial charge in [0.1, 0.15) is 0 Å². The quantitative estimate of drug-likeness (QED) is 0.633. The molecule has 1 heterocycles. The van der Waals surface area contributed by atoms with Gasteiger partial charge >= 0.3 is 7.60 Å². The number of ether oxygens (including phenoxy) is 1. The summed E-state index contributed by atoms with van der Waals surface area (Å²) in [5.74, 6) is 0.942. The van der Waals surface area contributed by atoms with Gasteiger partial charge in [0.05, 0.1) is 31.9 Å². The fourth-order valence-electron chi connectivity index (χ4n) is 1.44. The minimum absolute atomic E-state index is 0.244. The summed E-state index contributed by atoms with van der Waals surface area (Å²) in [6.07, 6.45) is 0.